The second-order valence-corrected chi connectivity index (χ2v) is 6.90. The van der Waals surface area contributed by atoms with Crippen molar-refractivity contribution in [3.63, 3.8) is 0 Å². The Morgan fingerprint density at radius 1 is 1.29 bits per heavy atom. The molecule has 0 radical (unpaired) electrons. The number of furan rings is 1. The van der Waals surface area contributed by atoms with E-state index >= 15 is 0 Å². The Bertz CT molecular complexity index is 556. The molecule has 0 aliphatic heterocycles. The van der Waals surface area contributed by atoms with Crippen molar-refractivity contribution in [2.24, 2.45) is 5.41 Å². The van der Waals surface area contributed by atoms with Gasteiger partial charge in [0.15, 0.2) is 0 Å². The van der Waals surface area contributed by atoms with Crippen molar-refractivity contribution < 1.29 is 14.3 Å². The number of aliphatic hydroxyl groups is 1. The lowest BCUT2D eigenvalue weighted by Crippen LogP contribution is -2.27. The summed E-state index contributed by atoms with van der Waals surface area (Å²) < 4.78 is 11.6. The van der Waals surface area contributed by atoms with E-state index in [1.165, 1.54) is 12.8 Å². The molecular weight excluding hydrogens is 264 g/mol. The molecule has 2 aromatic rings. The van der Waals surface area contributed by atoms with Crippen LogP contribution in [0.2, 0.25) is 0 Å². The fraction of sp³-hybridized carbons (Fsp3) is 0.556. The van der Waals surface area contributed by atoms with E-state index in [9.17, 15) is 5.11 Å². The highest BCUT2D eigenvalue weighted by atomic mass is 16.5. The third-order valence-corrected chi connectivity index (χ3v) is 4.55. The van der Waals surface area contributed by atoms with Gasteiger partial charge in [-0.1, -0.05) is 32.0 Å². The molecule has 0 saturated heterocycles. The van der Waals surface area contributed by atoms with Crippen molar-refractivity contribution >= 4 is 11.0 Å². The van der Waals surface area contributed by atoms with Crippen LogP contribution in [0.15, 0.2) is 34.7 Å². The molecule has 21 heavy (non-hydrogen) atoms. The van der Waals surface area contributed by atoms with Crippen LogP contribution in [0.3, 0.4) is 0 Å². The Labute approximate surface area is 125 Å². The molecule has 0 spiro atoms. The summed E-state index contributed by atoms with van der Waals surface area (Å²) in [5, 5.41) is 11.3. The summed E-state index contributed by atoms with van der Waals surface area (Å²) in [6.45, 7) is 4.93. The molecule has 3 nitrogen and oxygen atoms in total. The molecular formula is C18H24O3. The van der Waals surface area contributed by atoms with Gasteiger partial charge in [0.25, 0.3) is 0 Å². The van der Waals surface area contributed by atoms with Crippen LogP contribution in [0.4, 0.5) is 0 Å². The van der Waals surface area contributed by atoms with Gasteiger partial charge in [0, 0.05) is 5.39 Å². The second kappa shape index (κ2) is 5.82. The van der Waals surface area contributed by atoms with Crippen LogP contribution in [0.5, 0.6) is 0 Å². The number of para-hydroxylation sites is 1. The first-order valence-electron chi connectivity index (χ1n) is 7.82. The van der Waals surface area contributed by atoms with Gasteiger partial charge >= 0.3 is 0 Å². The smallest absolute Gasteiger partial charge is 0.136 e. The first-order valence-corrected chi connectivity index (χ1v) is 7.82. The standard InChI is InChI=1S/C18H24O3/c1-18(2)9-7-14(8-10-18)20-12-15(19)17-11-13-5-3-4-6-16(13)21-17/h3-6,11,14-15,19H,7-10,12H2,1-2H3. The molecule has 1 N–H and O–H groups in total. The minimum Gasteiger partial charge on any atom is -0.458 e. The maximum absolute atomic E-state index is 10.2. The van der Waals surface area contributed by atoms with E-state index in [-0.39, 0.29) is 6.10 Å². The van der Waals surface area contributed by atoms with Crippen LogP contribution in [0.1, 0.15) is 51.4 Å². The van der Waals surface area contributed by atoms with E-state index in [4.69, 9.17) is 9.15 Å². The maximum atomic E-state index is 10.2. The predicted octanol–water partition coefficient (Wildman–Crippen LogP) is 4.45. The summed E-state index contributed by atoms with van der Waals surface area (Å²) in [6.07, 6.45) is 4.14. The molecule has 114 valence electrons. The number of rotatable bonds is 4. The monoisotopic (exact) mass is 288 g/mol. The van der Waals surface area contributed by atoms with Gasteiger partial charge in [-0.15, -0.1) is 0 Å². The largest absolute Gasteiger partial charge is 0.458 e. The fourth-order valence-corrected chi connectivity index (χ4v) is 3.02. The fourth-order valence-electron chi connectivity index (χ4n) is 3.02. The summed E-state index contributed by atoms with van der Waals surface area (Å²) in [4.78, 5) is 0. The Balaban J connectivity index is 1.55. The second-order valence-electron chi connectivity index (χ2n) is 6.90. The van der Waals surface area contributed by atoms with Gasteiger partial charge in [0.2, 0.25) is 0 Å². The molecule has 1 aliphatic rings. The number of ether oxygens (including phenoxy) is 1. The summed E-state index contributed by atoms with van der Waals surface area (Å²) in [5.74, 6) is 0.590. The average Bonchev–Trinajstić information content (AvgIpc) is 2.90. The first-order chi connectivity index (χ1) is 10.0. The molecule has 1 heterocycles. The summed E-state index contributed by atoms with van der Waals surface area (Å²) in [6, 6.07) is 9.69. The lowest BCUT2D eigenvalue weighted by molar-refractivity contribution is -0.0427. The van der Waals surface area contributed by atoms with Crippen LogP contribution in [-0.2, 0) is 4.74 Å². The molecule has 1 unspecified atom stereocenters. The summed E-state index contributed by atoms with van der Waals surface area (Å²) in [7, 11) is 0. The van der Waals surface area contributed by atoms with Crippen molar-refractivity contribution in [1.82, 2.24) is 0 Å². The van der Waals surface area contributed by atoms with Crippen molar-refractivity contribution in [2.75, 3.05) is 6.61 Å². The van der Waals surface area contributed by atoms with Gasteiger partial charge in [-0.25, -0.2) is 0 Å². The maximum Gasteiger partial charge on any atom is 0.136 e. The van der Waals surface area contributed by atoms with E-state index in [1.807, 2.05) is 30.3 Å². The highest BCUT2D eigenvalue weighted by molar-refractivity contribution is 5.77. The Hall–Kier alpha value is -1.32. The van der Waals surface area contributed by atoms with Crippen LogP contribution >= 0.6 is 0 Å². The number of hydrogen-bond donors (Lipinski definition) is 1. The van der Waals surface area contributed by atoms with E-state index in [0.717, 1.165) is 23.8 Å². The zero-order valence-corrected chi connectivity index (χ0v) is 12.8. The molecule has 3 heteroatoms. The number of hydrogen-bond acceptors (Lipinski definition) is 3. The van der Waals surface area contributed by atoms with E-state index < -0.39 is 6.10 Å². The zero-order valence-electron chi connectivity index (χ0n) is 12.8. The van der Waals surface area contributed by atoms with Crippen molar-refractivity contribution in [3.8, 4) is 0 Å². The Morgan fingerprint density at radius 2 is 2.00 bits per heavy atom. The third kappa shape index (κ3) is 3.47. The van der Waals surface area contributed by atoms with Gasteiger partial charge in [-0.2, -0.15) is 0 Å². The van der Waals surface area contributed by atoms with E-state index in [2.05, 4.69) is 13.8 Å². The minimum atomic E-state index is -0.688. The van der Waals surface area contributed by atoms with Gasteiger partial charge in [-0.05, 0) is 43.2 Å². The molecule has 1 atom stereocenters. The molecule has 1 saturated carbocycles. The molecule has 3 rings (SSSR count). The van der Waals surface area contributed by atoms with Gasteiger partial charge in [0.1, 0.15) is 17.4 Å². The van der Waals surface area contributed by atoms with Crippen molar-refractivity contribution in [2.45, 2.75) is 51.7 Å². The third-order valence-electron chi connectivity index (χ3n) is 4.55. The van der Waals surface area contributed by atoms with Crippen molar-refractivity contribution in [3.05, 3.63) is 36.1 Å². The first kappa shape index (κ1) is 14.6. The van der Waals surface area contributed by atoms with Crippen LogP contribution in [0, 0.1) is 5.41 Å². The van der Waals surface area contributed by atoms with Gasteiger partial charge < -0.3 is 14.3 Å². The Kier molecular flexibility index (Phi) is 4.05. The summed E-state index contributed by atoms with van der Waals surface area (Å²) in [5.41, 5.74) is 1.25. The van der Waals surface area contributed by atoms with E-state index in [0.29, 0.717) is 17.8 Å². The average molecular weight is 288 g/mol. The van der Waals surface area contributed by atoms with Crippen LogP contribution < -0.4 is 0 Å². The lowest BCUT2D eigenvalue weighted by Gasteiger charge is -2.34. The predicted molar refractivity (Wildman–Crippen MR) is 83.2 cm³/mol. The van der Waals surface area contributed by atoms with Gasteiger partial charge in [-0.3, -0.25) is 0 Å². The van der Waals surface area contributed by atoms with E-state index in [1.54, 1.807) is 0 Å². The molecule has 1 fully saturated rings. The SMILES string of the molecule is CC1(C)CCC(OCC(O)c2cc3ccccc3o2)CC1. The van der Waals surface area contributed by atoms with Gasteiger partial charge in [0.05, 0.1) is 12.7 Å². The lowest BCUT2D eigenvalue weighted by atomic mass is 9.76. The van der Waals surface area contributed by atoms with Crippen LogP contribution in [0.25, 0.3) is 11.0 Å². The highest BCUT2D eigenvalue weighted by Gasteiger charge is 2.27. The number of benzene rings is 1. The zero-order chi connectivity index (χ0) is 14.9. The normalized spacial score (nSPS) is 20.7. The number of aliphatic hydroxyl groups excluding tert-OH is 1. The molecule has 1 aliphatic carbocycles. The topological polar surface area (TPSA) is 42.6 Å². The molecule has 1 aromatic heterocycles. The number of fused-ring (bicyclic) bond motifs is 1. The highest BCUT2D eigenvalue weighted by Crippen LogP contribution is 2.36. The summed E-state index contributed by atoms with van der Waals surface area (Å²) >= 11 is 0. The molecule has 0 bridgehead atoms. The Morgan fingerprint density at radius 3 is 2.71 bits per heavy atom. The van der Waals surface area contributed by atoms with Crippen LogP contribution in [-0.4, -0.2) is 17.8 Å². The molecule has 1 aromatic carbocycles. The molecule has 0 amide bonds. The van der Waals surface area contributed by atoms with Crippen molar-refractivity contribution in [1.29, 1.82) is 0 Å². The quantitative estimate of drug-likeness (QED) is 0.903. The minimum absolute atomic E-state index is 0.275.